The van der Waals surface area contributed by atoms with Crippen LogP contribution in [0.1, 0.15) is 31.2 Å². The van der Waals surface area contributed by atoms with Crippen LogP contribution < -0.4 is 15.8 Å². The molecule has 31 heavy (non-hydrogen) atoms. The average molecular weight is 416 g/mol. The number of pyridine rings is 2. The highest BCUT2D eigenvalue weighted by Crippen LogP contribution is 2.27. The number of anilines is 1. The van der Waals surface area contributed by atoms with Crippen molar-refractivity contribution in [2.24, 2.45) is 5.73 Å². The van der Waals surface area contributed by atoms with Gasteiger partial charge in [-0.25, -0.2) is 15.0 Å². The van der Waals surface area contributed by atoms with Crippen LogP contribution in [0.3, 0.4) is 0 Å². The quantitative estimate of drug-likeness (QED) is 0.508. The summed E-state index contributed by atoms with van der Waals surface area (Å²) in [6.07, 6.45) is 13.2. The van der Waals surface area contributed by atoms with E-state index < -0.39 is 0 Å². The lowest BCUT2D eigenvalue weighted by molar-refractivity contribution is 0.410. The molecule has 8 nitrogen and oxygen atoms in total. The second-order valence-corrected chi connectivity index (χ2v) is 8.01. The number of hydrogen-bond donors (Lipinski definition) is 2. The van der Waals surface area contributed by atoms with Crippen LogP contribution >= 0.6 is 0 Å². The van der Waals surface area contributed by atoms with Crippen molar-refractivity contribution in [3.05, 3.63) is 60.8 Å². The van der Waals surface area contributed by atoms with Gasteiger partial charge in [-0.05, 0) is 62.4 Å². The molecule has 4 aromatic heterocycles. The van der Waals surface area contributed by atoms with Gasteiger partial charge in [0.25, 0.3) is 0 Å². The van der Waals surface area contributed by atoms with Crippen molar-refractivity contribution in [2.45, 2.75) is 44.7 Å². The van der Waals surface area contributed by atoms with Crippen LogP contribution in [0.4, 0.5) is 5.95 Å². The Balaban J connectivity index is 1.45. The molecule has 0 amide bonds. The van der Waals surface area contributed by atoms with E-state index in [9.17, 15) is 0 Å². The Morgan fingerprint density at radius 3 is 2.71 bits per heavy atom. The van der Waals surface area contributed by atoms with Gasteiger partial charge in [0.05, 0.1) is 30.0 Å². The van der Waals surface area contributed by atoms with E-state index in [1.165, 1.54) is 0 Å². The highest BCUT2D eigenvalue weighted by Gasteiger charge is 2.20. The fourth-order valence-electron chi connectivity index (χ4n) is 3.96. The third kappa shape index (κ3) is 4.20. The lowest BCUT2D eigenvalue weighted by Gasteiger charge is -2.26. The number of rotatable bonds is 5. The molecule has 158 valence electrons. The zero-order valence-corrected chi connectivity index (χ0v) is 17.4. The van der Waals surface area contributed by atoms with E-state index in [0.29, 0.717) is 29.5 Å². The Bertz CT molecular complexity index is 1180. The zero-order valence-electron chi connectivity index (χ0n) is 17.4. The van der Waals surface area contributed by atoms with Crippen molar-refractivity contribution >= 4 is 11.6 Å². The first-order valence-electron chi connectivity index (χ1n) is 10.6. The Hall–Kier alpha value is -3.52. The molecule has 3 N–H and O–H groups in total. The Morgan fingerprint density at radius 1 is 1.03 bits per heavy atom. The first kappa shape index (κ1) is 19.4. The van der Waals surface area contributed by atoms with Crippen LogP contribution in [0, 0.1) is 6.92 Å². The number of hydrogen-bond acceptors (Lipinski definition) is 7. The third-order valence-corrected chi connectivity index (χ3v) is 5.67. The number of fused-ring (bicyclic) bond motifs is 1. The van der Waals surface area contributed by atoms with E-state index >= 15 is 0 Å². The first-order chi connectivity index (χ1) is 15.2. The second-order valence-electron chi connectivity index (χ2n) is 8.01. The smallest absolute Gasteiger partial charge is 0.223 e. The molecule has 8 heteroatoms. The summed E-state index contributed by atoms with van der Waals surface area (Å²) in [5.41, 5.74) is 9.57. The highest BCUT2D eigenvalue weighted by atomic mass is 16.5. The van der Waals surface area contributed by atoms with Gasteiger partial charge in [0.1, 0.15) is 17.1 Å². The maximum absolute atomic E-state index is 6.03. The fraction of sp³-hybridized carbons (Fsp3) is 0.304. The molecule has 0 aliphatic heterocycles. The van der Waals surface area contributed by atoms with E-state index in [-0.39, 0.29) is 0 Å². The minimum Gasteiger partial charge on any atom is -0.454 e. The van der Waals surface area contributed by atoms with Crippen LogP contribution in [-0.4, -0.2) is 36.4 Å². The van der Waals surface area contributed by atoms with Crippen LogP contribution in [0.5, 0.6) is 11.5 Å². The minimum atomic E-state index is 0.314. The molecule has 0 saturated heterocycles. The number of imidazole rings is 1. The van der Waals surface area contributed by atoms with Crippen LogP contribution in [0.15, 0.2) is 55.2 Å². The van der Waals surface area contributed by atoms with Crippen LogP contribution in [0.2, 0.25) is 0 Å². The van der Waals surface area contributed by atoms with Crippen LogP contribution in [0.25, 0.3) is 17.0 Å². The molecule has 4 aromatic rings. The highest BCUT2D eigenvalue weighted by molar-refractivity contribution is 5.64. The molecule has 1 aliphatic carbocycles. The van der Waals surface area contributed by atoms with Crippen molar-refractivity contribution in [3.8, 4) is 22.9 Å². The van der Waals surface area contributed by atoms with Gasteiger partial charge >= 0.3 is 0 Å². The van der Waals surface area contributed by atoms with E-state index in [4.69, 9.17) is 15.5 Å². The predicted molar refractivity (Wildman–Crippen MR) is 119 cm³/mol. The third-order valence-electron chi connectivity index (χ3n) is 5.67. The standard InChI is InChI=1S/C23H25N7O/c1-15-11-27-23(28-17-6-4-16(24)5-7-17)29-22(15)20-13-26-21-9-8-19(14-30(20)21)31-18-3-2-10-25-12-18/h2-3,8-14,16-17H,4-7,24H2,1H3,(H,27,28,29)/t16-,17-. The molecule has 1 saturated carbocycles. The maximum atomic E-state index is 6.03. The molecular weight excluding hydrogens is 390 g/mol. The van der Waals surface area contributed by atoms with Gasteiger partial charge in [0, 0.05) is 24.5 Å². The predicted octanol–water partition coefficient (Wildman–Crippen LogP) is 3.97. The molecule has 4 heterocycles. The number of aryl methyl sites for hydroxylation is 1. The first-order valence-corrected chi connectivity index (χ1v) is 10.6. The summed E-state index contributed by atoms with van der Waals surface area (Å²) in [6, 6.07) is 8.21. The molecular formula is C23H25N7O. The summed E-state index contributed by atoms with van der Waals surface area (Å²) in [5.74, 6) is 2.02. The van der Waals surface area contributed by atoms with Gasteiger partial charge in [0.2, 0.25) is 5.95 Å². The van der Waals surface area contributed by atoms with Crippen molar-refractivity contribution in [1.82, 2.24) is 24.3 Å². The minimum absolute atomic E-state index is 0.314. The fourth-order valence-corrected chi connectivity index (χ4v) is 3.96. The average Bonchev–Trinajstić information content (AvgIpc) is 3.20. The Kier molecular flexibility index (Phi) is 5.21. The molecule has 5 rings (SSSR count). The number of nitrogens with zero attached hydrogens (tertiary/aromatic N) is 5. The molecule has 0 spiro atoms. The van der Waals surface area contributed by atoms with Gasteiger partial charge < -0.3 is 15.8 Å². The van der Waals surface area contributed by atoms with E-state index in [0.717, 1.165) is 48.3 Å². The Morgan fingerprint density at radius 2 is 1.90 bits per heavy atom. The lowest BCUT2D eigenvalue weighted by atomic mass is 9.92. The number of ether oxygens (including phenoxy) is 1. The summed E-state index contributed by atoms with van der Waals surface area (Å²) < 4.78 is 7.93. The maximum Gasteiger partial charge on any atom is 0.223 e. The summed E-state index contributed by atoms with van der Waals surface area (Å²) in [5, 5.41) is 3.48. The topological polar surface area (TPSA) is 103 Å². The normalized spacial score (nSPS) is 18.8. The van der Waals surface area contributed by atoms with E-state index in [2.05, 4.69) is 20.3 Å². The van der Waals surface area contributed by atoms with Gasteiger partial charge in [0.15, 0.2) is 0 Å². The molecule has 0 aromatic carbocycles. The number of aromatic nitrogens is 5. The van der Waals surface area contributed by atoms with Gasteiger partial charge in [-0.3, -0.25) is 9.38 Å². The molecule has 0 bridgehead atoms. The number of nitrogens with two attached hydrogens (primary N) is 1. The summed E-state index contributed by atoms with van der Waals surface area (Å²) >= 11 is 0. The molecule has 1 aliphatic rings. The second kappa shape index (κ2) is 8.31. The van der Waals surface area contributed by atoms with Gasteiger partial charge in [-0.2, -0.15) is 0 Å². The molecule has 0 atom stereocenters. The van der Waals surface area contributed by atoms with Crippen molar-refractivity contribution in [2.75, 3.05) is 5.32 Å². The van der Waals surface area contributed by atoms with Crippen molar-refractivity contribution in [1.29, 1.82) is 0 Å². The van der Waals surface area contributed by atoms with E-state index in [1.54, 1.807) is 12.4 Å². The SMILES string of the molecule is Cc1cnc(N[C@H]2CC[C@H](N)CC2)nc1-c1cnc2ccc(Oc3cccnc3)cn12. The summed E-state index contributed by atoms with van der Waals surface area (Å²) in [7, 11) is 0. The van der Waals surface area contributed by atoms with Gasteiger partial charge in [-0.1, -0.05) is 0 Å². The van der Waals surface area contributed by atoms with E-state index in [1.807, 2.05) is 54.2 Å². The van der Waals surface area contributed by atoms with Gasteiger partial charge in [-0.15, -0.1) is 0 Å². The molecule has 1 fully saturated rings. The van der Waals surface area contributed by atoms with Crippen molar-refractivity contribution < 1.29 is 4.74 Å². The van der Waals surface area contributed by atoms with Crippen LogP contribution in [-0.2, 0) is 0 Å². The zero-order chi connectivity index (χ0) is 21.2. The lowest BCUT2D eigenvalue weighted by Crippen LogP contribution is -2.33. The molecule has 0 unspecified atom stereocenters. The van der Waals surface area contributed by atoms with Crippen molar-refractivity contribution in [3.63, 3.8) is 0 Å². The monoisotopic (exact) mass is 415 g/mol. The summed E-state index contributed by atoms with van der Waals surface area (Å²) in [6.45, 7) is 2.01. The summed E-state index contributed by atoms with van der Waals surface area (Å²) in [4.78, 5) is 18.0. The molecule has 0 radical (unpaired) electrons. The largest absolute Gasteiger partial charge is 0.454 e. The Labute approximate surface area is 180 Å². The number of nitrogens with one attached hydrogen (secondary N) is 1.